The molecule has 0 spiro atoms. The number of carbonyl (C=O) groups is 3. The van der Waals surface area contributed by atoms with Crippen molar-refractivity contribution in [1.29, 1.82) is 0 Å². The number of phenols is 1. The van der Waals surface area contributed by atoms with E-state index in [2.05, 4.69) is 34.4 Å². The Morgan fingerprint density at radius 2 is 1.77 bits per heavy atom. The molecule has 61 heavy (non-hydrogen) atoms. The highest BCUT2D eigenvalue weighted by Gasteiger charge is 2.50. The van der Waals surface area contributed by atoms with Crippen molar-refractivity contribution in [2.45, 2.75) is 50.9 Å². The van der Waals surface area contributed by atoms with E-state index in [0.29, 0.717) is 5.56 Å². The van der Waals surface area contributed by atoms with Gasteiger partial charge in [0.05, 0.1) is 26.7 Å². The maximum atomic E-state index is 12.7. The van der Waals surface area contributed by atoms with Gasteiger partial charge in [0, 0.05) is 30.7 Å². The Kier molecular flexibility index (Phi) is 17.1. The summed E-state index contributed by atoms with van der Waals surface area (Å²) in [6.45, 7) is 0.299. The van der Waals surface area contributed by atoms with Crippen LogP contribution >= 0.6 is 35.2 Å². The predicted octanol–water partition coefficient (Wildman–Crippen LogP) is 0.0923. The summed E-state index contributed by atoms with van der Waals surface area (Å²) in [6, 6.07) is 4.56. The van der Waals surface area contributed by atoms with Gasteiger partial charge in [0.25, 0.3) is 0 Å². The quantitative estimate of drug-likeness (QED) is 0.0362. The number of carbonyl (C=O) groups excluding carboxylic acids is 3. The molecule has 3 aromatic rings. The van der Waals surface area contributed by atoms with Crippen molar-refractivity contribution in [2.75, 3.05) is 44.9 Å². The Hall–Kier alpha value is -3.88. The molecule has 1 aliphatic rings. The second-order valence-electron chi connectivity index (χ2n) is 13.5. The lowest BCUT2D eigenvalue weighted by atomic mass is 9.87. The average Bonchev–Trinajstić information content (AvgIpc) is 3.74. The summed E-state index contributed by atoms with van der Waals surface area (Å²) in [4.78, 5) is 88.0. The van der Waals surface area contributed by atoms with Crippen molar-refractivity contribution in [3.63, 3.8) is 0 Å². The molecule has 1 aromatic carbocycles. The number of anilines is 1. The van der Waals surface area contributed by atoms with Gasteiger partial charge >= 0.3 is 23.5 Å². The first kappa shape index (κ1) is 49.8. The molecule has 1 aliphatic heterocycles. The van der Waals surface area contributed by atoms with E-state index in [9.17, 15) is 63.0 Å². The van der Waals surface area contributed by atoms with Crippen LogP contribution in [-0.4, -0.2) is 135 Å². The van der Waals surface area contributed by atoms with Crippen molar-refractivity contribution >= 4 is 75.2 Å². The van der Waals surface area contributed by atoms with Crippen LogP contribution < -0.4 is 21.1 Å². The molecule has 0 bridgehead atoms. The van der Waals surface area contributed by atoms with Gasteiger partial charge in [0.2, 0.25) is 16.9 Å². The van der Waals surface area contributed by atoms with Gasteiger partial charge < -0.3 is 60.7 Å². The highest BCUT2D eigenvalue weighted by atomic mass is 32.2. The summed E-state index contributed by atoms with van der Waals surface area (Å²) in [5.41, 5.74) is 4.84. The number of hydrogen-bond acceptors (Lipinski definition) is 20. The summed E-state index contributed by atoms with van der Waals surface area (Å²) in [6.07, 6.45) is -4.20. The average molecular weight is 944 g/mol. The van der Waals surface area contributed by atoms with E-state index in [0.717, 1.165) is 29.0 Å². The first-order valence-electron chi connectivity index (χ1n) is 17.5. The number of phenolic OH excluding ortho intramolecular Hbond substituents is 1. The summed E-state index contributed by atoms with van der Waals surface area (Å²) >= 11 is 0.935. The third-order valence-electron chi connectivity index (χ3n) is 8.36. The number of hydrogen-bond donors (Lipinski definition) is 10. The molecule has 2 amide bonds. The zero-order valence-electron chi connectivity index (χ0n) is 32.3. The minimum absolute atomic E-state index is 0.0223. The van der Waals surface area contributed by atoms with Crippen LogP contribution in [0, 0.1) is 5.41 Å². The molecule has 11 N–H and O–H groups in total. The van der Waals surface area contributed by atoms with Crippen molar-refractivity contribution in [3.05, 3.63) is 42.5 Å². The van der Waals surface area contributed by atoms with Crippen LogP contribution in [0.25, 0.3) is 17.2 Å². The molecule has 26 nitrogen and oxygen atoms in total. The molecule has 0 saturated carbocycles. The van der Waals surface area contributed by atoms with Gasteiger partial charge in [0.15, 0.2) is 29.2 Å². The molecule has 30 heteroatoms. The van der Waals surface area contributed by atoms with E-state index in [1.54, 1.807) is 12.1 Å². The van der Waals surface area contributed by atoms with Gasteiger partial charge in [-0.1, -0.05) is 37.8 Å². The Bertz CT molecular complexity index is 2230. The molecular weight excluding hydrogens is 899 g/mol. The molecule has 0 radical (unpaired) electrons. The first-order valence-corrected chi connectivity index (χ1v) is 23.0. The minimum Gasteiger partial charge on any atom is -0.504 e. The number of aliphatic hydroxyl groups excluding tert-OH is 2. The number of aromatic hydroxyl groups is 1. The van der Waals surface area contributed by atoms with Crippen LogP contribution in [0.5, 0.6) is 11.5 Å². The van der Waals surface area contributed by atoms with Gasteiger partial charge in [-0.2, -0.15) is 4.31 Å². The monoisotopic (exact) mass is 943 g/mol. The molecule has 1 saturated heterocycles. The third kappa shape index (κ3) is 14.6. The topological polar surface area (TPSA) is 393 Å². The van der Waals surface area contributed by atoms with E-state index < -0.39 is 84.6 Å². The van der Waals surface area contributed by atoms with E-state index in [-0.39, 0.29) is 58.9 Å². The molecule has 0 aliphatic carbocycles. The lowest BCUT2D eigenvalue weighted by Gasteiger charge is -2.30. The van der Waals surface area contributed by atoms with E-state index >= 15 is 0 Å². The summed E-state index contributed by atoms with van der Waals surface area (Å²) < 4.78 is 67.2. The van der Waals surface area contributed by atoms with Crippen molar-refractivity contribution in [3.8, 4) is 11.5 Å². The zero-order chi connectivity index (χ0) is 45.3. The standard InChI is InChI=1S/C31H44N7O19P3S/c1-31(2,26(43)29(44)34-9-8-21(40)33-10-11-61-22(41)7-5-17-4-6-18(39)19(12-17)52-3)14-54-60(50,51)57-59(48,49)53-13-20-25(56-58(45,46)47)24(42)30(55-20)38-16-37-23-27(32)35-15-36-28(23)38/h4-7,12,15-16,20,24-26,30,39,42-43H,8-11,13-14H2,1-3H3,(H,33,40)(H,34,44)(H,48,49)(H,50,51)(H2,32,35,36)(H2,45,46,47). The number of thioether (sulfide) groups is 1. The third-order valence-corrected chi connectivity index (χ3v) is 12.3. The highest BCUT2D eigenvalue weighted by molar-refractivity contribution is 8.14. The van der Waals surface area contributed by atoms with E-state index in [1.807, 2.05) is 0 Å². The smallest absolute Gasteiger partial charge is 0.481 e. The molecule has 3 heterocycles. The van der Waals surface area contributed by atoms with Crippen LogP contribution in [0.1, 0.15) is 32.1 Å². The van der Waals surface area contributed by atoms with Crippen LogP contribution in [0.3, 0.4) is 0 Å². The largest absolute Gasteiger partial charge is 0.504 e. The summed E-state index contributed by atoms with van der Waals surface area (Å²) in [5, 5.41) is 35.7. The number of aromatic nitrogens is 4. The molecule has 2 aromatic heterocycles. The number of benzene rings is 1. The number of nitrogen functional groups attached to an aromatic ring is 1. The number of amides is 2. The molecule has 4 rings (SSSR count). The SMILES string of the molecule is COc1cc(C=CC(=O)SCCNC(=O)CCNC(=O)C(O)C(C)(C)COP(=O)(O)OP(=O)(O)OCC2OC(n3cnc4c(N)ncnc43)C(O)C2OP(=O)(O)O)ccc1O. The van der Waals surface area contributed by atoms with Gasteiger partial charge in [-0.3, -0.25) is 32.5 Å². The number of ether oxygens (including phenoxy) is 2. The number of methoxy groups -OCH3 is 1. The molecule has 338 valence electrons. The maximum absolute atomic E-state index is 12.7. The highest BCUT2D eigenvalue weighted by Crippen LogP contribution is 2.61. The van der Waals surface area contributed by atoms with Gasteiger partial charge in [-0.25, -0.2) is 28.6 Å². The number of nitrogens with one attached hydrogen (secondary N) is 2. The van der Waals surface area contributed by atoms with Crippen molar-refractivity contribution in [1.82, 2.24) is 30.2 Å². The number of phosphoric ester groups is 3. The number of rotatable bonds is 22. The fourth-order valence-electron chi connectivity index (χ4n) is 5.29. The van der Waals surface area contributed by atoms with Gasteiger partial charge in [-0.05, 0) is 23.8 Å². The van der Waals surface area contributed by atoms with Crippen LogP contribution in [0.15, 0.2) is 36.9 Å². The number of nitrogens with zero attached hydrogens (tertiary/aromatic N) is 4. The van der Waals surface area contributed by atoms with Gasteiger partial charge in [0.1, 0.15) is 36.3 Å². The molecule has 7 atom stereocenters. The molecule has 7 unspecified atom stereocenters. The number of aliphatic hydroxyl groups is 2. The summed E-state index contributed by atoms with van der Waals surface area (Å²) in [5.74, 6) is -1.12. The number of fused-ring (bicyclic) bond motifs is 1. The Morgan fingerprint density at radius 3 is 2.46 bits per heavy atom. The second-order valence-corrected chi connectivity index (χ2v) is 18.8. The fraction of sp³-hybridized carbons (Fsp3) is 0.484. The molecule has 1 fully saturated rings. The summed E-state index contributed by atoms with van der Waals surface area (Å²) in [7, 11) is -15.1. The predicted molar refractivity (Wildman–Crippen MR) is 211 cm³/mol. The van der Waals surface area contributed by atoms with Gasteiger partial charge in [-0.15, -0.1) is 0 Å². The van der Waals surface area contributed by atoms with E-state index in [1.165, 1.54) is 39.2 Å². The minimum atomic E-state index is -5.59. The maximum Gasteiger partial charge on any atom is 0.481 e. The van der Waals surface area contributed by atoms with Crippen LogP contribution in [0.4, 0.5) is 5.82 Å². The Labute approximate surface area is 350 Å². The number of nitrogens with two attached hydrogens (primary N) is 1. The number of phosphoric acid groups is 3. The first-order chi connectivity index (χ1) is 28.4. The van der Waals surface area contributed by atoms with E-state index in [4.69, 9.17) is 24.3 Å². The normalized spacial score (nSPS) is 20.9. The zero-order valence-corrected chi connectivity index (χ0v) is 35.8. The lowest BCUT2D eigenvalue weighted by molar-refractivity contribution is -0.137. The Balaban J connectivity index is 1.20. The Morgan fingerprint density at radius 1 is 1.07 bits per heavy atom. The molecular formula is C31H44N7O19P3S. The van der Waals surface area contributed by atoms with Crippen molar-refractivity contribution < 1.29 is 90.3 Å². The van der Waals surface area contributed by atoms with Crippen LogP contribution in [0.2, 0.25) is 0 Å². The van der Waals surface area contributed by atoms with Crippen LogP contribution in [-0.2, 0) is 50.7 Å². The van der Waals surface area contributed by atoms with Crippen molar-refractivity contribution in [2.24, 2.45) is 5.41 Å². The fourth-order valence-corrected chi connectivity index (χ4v) is 8.69. The number of imidazole rings is 1. The second kappa shape index (κ2) is 21.0. The lowest BCUT2D eigenvalue weighted by Crippen LogP contribution is -2.46.